The number of rotatable bonds is 4. The maximum Gasteiger partial charge on any atom is 0.283 e. The van der Waals surface area contributed by atoms with Gasteiger partial charge >= 0.3 is 0 Å². The lowest BCUT2D eigenvalue weighted by Gasteiger charge is -2.33. The highest BCUT2D eigenvalue weighted by atomic mass is 35.5. The van der Waals surface area contributed by atoms with E-state index in [4.69, 9.17) is 21.7 Å². The smallest absolute Gasteiger partial charge is 0.283 e. The van der Waals surface area contributed by atoms with E-state index in [0.29, 0.717) is 20.9 Å². The van der Waals surface area contributed by atoms with Crippen LogP contribution in [0, 0.1) is 0 Å². The van der Waals surface area contributed by atoms with Crippen LogP contribution in [0.5, 0.6) is 0 Å². The molecule has 34 heavy (non-hydrogen) atoms. The molecule has 7 nitrogen and oxygen atoms in total. The van der Waals surface area contributed by atoms with Gasteiger partial charge in [0.25, 0.3) is 5.56 Å². The summed E-state index contributed by atoms with van der Waals surface area (Å²) in [5.74, 6) is 0.803. The van der Waals surface area contributed by atoms with Crippen molar-refractivity contribution in [2.75, 3.05) is 44.2 Å². The van der Waals surface area contributed by atoms with E-state index in [-0.39, 0.29) is 12.2 Å². The quantitative estimate of drug-likeness (QED) is 0.377. The van der Waals surface area contributed by atoms with Gasteiger partial charge in [-0.15, -0.1) is 16.4 Å². The third-order valence-corrected chi connectivity index (χ3v) is 7.70. The second kappa shape index (κ2) is 8.63. The molecule has 2 N–H and O–H groups in total. The third kappa shape index (κ3) is 3.54. The van der Waals surface area contributed by atoms with Gasteiger partial charge in [0.2, 0.25) is 0 Å². The number of nitrogens with one attached hydrogen (secondary N) is 1. The number of aliphatic hydroxyl groups excluding tert-OH is 1. The van der Waals surface area contributed by atoms with Crippen LogP contribution in [-0.4, -0.2) is 59.0 Å². The topological polar surface area (TPSA) is 75.2 Å². The zero-order chi connectivity index (χ0) is 23.2. The van der Waals surface area contributed by atoms with Gasteiger partial charge < -0.3 is 14.9 Å². The summed E-state index contributed by atoms with van der Waals surface area (Å²) in [5.41, 5.74) is 2.19. The Morgan fingerprint density at radius 3 is 2.53 bits per heavy atom. The maximum atomic E-state index is 13.8. The van der Waals surface area contributed by atoms with Crippen LogP contribution in [0.1, 0.15) is 0 Å². The van der Waals surface area contributed by atoms with E-state index in [9.17, 15) is 9.90 Å². The Bertz CT molecular complexity index is 1570. The maximum absolute atomic E-state index is 13.8. The Balaban J connectivity index is 1.56. The number of piperazine rings is 1. The number of anilines is 1. The number of quaternary nitrogens is 1. The van der Waals surface area contributed by atoms with E-state index in [1.54, 1.807) is 0 Å². The summed E-state index contributed by atoms with van der Waals surface area (Å²) in [7, 11) is 0. The highest BCUT2D eigenvalue weighted by Gasteiger charge is 2.24. The van der Waals surface area contributed by atoms with Gasteiger partial charge in [0.15, 0.2) is 11.5 Å². The Labute approximate surface area is 204 Å². The van der Waals surface area contributed by atoms with Crippen molar-refractivity contribution in [2.45, 2.75) is 0 Å². The lowest BCUT2D eigenvalue weighted by molar-refractivity contribution is -0.900. The van der Waals surface area contributed by atoms with Crippen LogP contribution in [0.15, 0.2) is 58.7 Å². The van der Waals surface area contributed by atoms with Gasteiger partial charge in [-0.2, -0.15) is 4.52 Å². The van der Waals surface area contributed by atoms with Crippen LogP contribution in [0.2, 0.25) is 5.02 Å². The lowest BCUT2D eigenvalue weighted by atomic mass is 10.1. The van der Waals surface area contributed by atoms with Crippen molar-refractivity contribution in [3.8, 4) is 11.1 Å². The summed E-state index contributed by atoms with van der Waals surface area (Å²) >= 11 is 7.54. The van der Waals surface area contributed by atoms with Crippen molar-refractivity contribution in [1.82, 2.24) is 14.6 Å². The predicted molar refractivity (Wildman–Crippen MR) is 137 cm³/mol. The summed E-state index contributed by atoms with van der Waals surface area (Å²) in [4.78, 5) is 23.0. The standard InChI is InChI=1S/C25H22ClN5O2S/c26-17-7-5-16(6-8-17)20-15-34-24-21(20)25(33)31-22(27-24)18-3-1-2-4-19(18)23(28-31)30-11-9-29(10-12-30)13-14-32/h1-8,15,32H,9-14H2/p+1. The first-order valence-corrected chi connectivity index (χ1v) is 12.6. The molecule has 3 aromatic heterocycles. The molecule has 0 saturated carbocycles. The monoisotopic (exact) mass is 492 g/mol. The molecule has 1 saturated heterocycles. The summed E-state index contributed by atoms with van der Waals surface area (Å²) < 4.78 is 1.47. The first-order valence-electron chi connectivity index (χ1n) is 11.3. The average molecular weight is 493 g/mol. The highest BCUT2D eigenvalue weighted by molar-refractivity contribution is 7.17. The van der Waals surface area contributed by atoms with Gasteiger partial charge in [-0.1, -0.05) is 48.0 Å². The van der Waals surface area contributed by atoms with Gasteiger partial charge in [0, 0.05) is 26.7 Å². The molecule has 0 bridgehead atoms. The molecule has 1 aliphatic rings. The average Bonchev–Trinajstić information content (AvgIpc) is 3.29. The largest absolute Gasteiger partial charge is 0.391 e. The van der Waals surface area contributed by atoms with Crippen molar-refractivity contribution in [2.24, 2.45) is 0 Å². The first kappa shape index (κ1) is 21.5. The SMILES string of the molecule is O=c1c2c(-c3ccc(Cl)cc3)csc2nc2c3ccccc3c(N3CC[NH+](CCO)CC3)nn12. The fourth-order valence-corrected chi connectivity index (χ4v) is 5.85. The Hall–Kier alpha value is -3.04. The van der Waals surface area contributed by atoms with E-state index < -0.39 is 0 Å². The van der Waals surface area contributed by atoms with Crippen LogP contribution < -0.4 is 15.4 Å². The number of halogens is 1. The van der Waals surface area contributed by atoms with Crippen molar-refractivity contribution in [3.63, 3.8) is 0 Å². The van der Waals surface area contributed by atoms with E-state index >= 15 is 0 Å². The van der Waals surface area contributed by atoms with E-state index in [1.165, 1.54) is 20.8 Å². The Morgan fingerprint density at radius 1 is 1.06 bits per heavy atom. The fourth-order valence-electron chi connectivity index (χ4n) is 4.79. The lowest BCUT2D eigenvalue weighted by Crippen LogP contribution is -3.15. The molecule has 5 aromatic rings. The minimum absolute atomic E-state index is 0.164. The number of hydrogen-bond donors (Lipinski definition) is 2. The Morgan fingerprint density at radius 2 is 1.79 bits per heavy atom. The summed E-state index contributed by atoms with van der Waals surface area (Å²) in [6, 6.07) is 15.5. The van der Waals surface area contributed by atoms with Crippen molar-refractivity contribution in [3.05, 3.63) is 69.3 Å². The van der Waals surface area contributed by atoms with Crippen molar-refractivity contribution >= 4 is 55.4 Å². The molecule has 0 amide bonds. The molecular formula is C25H23ClN5O2S+. The zero-order valence-corrected chi connectivity index (χ0v) is 19.9. The number of nitrogens with zero attached hydrogens (tertiary/aromatic N) is 4. The van der Waals surface area contributed by atoms with Gasteiger partial charge in [-0.25, -0.2) is 4.98 Å². The van der Waals surface area contributed by atoms with Crippen LogP contribution >= 0.6 is 22.9 Å². The molecule has 1 fully saturated rings. The number of thiophene rings is 1. The number of hydrogen-bond acceptors (Lipinski definition) is 6. The first-order chi connectivity index (χ1) is 16.6. The van der Waals surface area contributed by atoms with Crippen LogP contribution in [0.4, 0.5) is 5.82 Å². The molecule has 172 valence electrons. The molecule has 6 rings (SSSR count). The molecular weight excluding hydrogens is 470 g/mol. The predicted octanol–water partition coefficient (Wildman–Crippen LogP) is 2.48. The minimum atomic E-state index is -0.164. The summed E-state index contributed by atoms with van der Waals surface area (Å²) in [5, 5.41) is 19.3. The molecule has 2 aromatic carbocycles. The molecule has 1 aliphatic heterocycles. The van der Waals surface area contributed by atoms with E-state index in [2.05, 4.69) is 11.0 Å². The summed E-state index contributed by atoms with van der Waals surface area (Å²) in [6.45, 7) is 4.43. The normalized spacial score (nSPS) is 15.1. The number of fused-ring (bicyclic) bond motifs is 4. The van der Waals surface area contributed by atoms with E-state index in [0.717, 1.165) is 60.4 Å². The van der Waals surface area contributed by atoms with Gasteiger partial charge in [0.1, 0.15) is 11.4 Å². The number of aliphatic hydroxyl groups is 1. The van der Waals surface area contributed by atoms with Crippen LogP contribution in [0.3, 0.4) is 0 Å². The van der Waals surface area contributed by atoms with Gasteiger partial charge in [-0.05, 0) is 17.7 Å². The highest BCUT2D eigenvalue weighted by Crippen LogP contribution is 2.33. The van der Waals surface area contributed by atoms with E-state index in [1.807, 2.05) is 47.8 Å². The molecule has 0 spiro atoms. The second-order valence-electron chi connectivity index (χ2n) is 8.57. The molecule has 0 aliphatic carbocycles. The van der Waals surface area contributed by atoms with Crippen molar-refractivity contribution < 1.29 is 10.0 Å². The Kier molecular flexibility index (Phi) is 5.45. The number of benzene rings is 2. The molecule has 0 atom stereocenters. The van der Waals surface area contributed by atoms with Crippen LogP contribution in [0.25, 0.3) is 37.8 Å². The second-order valence-corrected chi connectivity index (χ2v) is 9.86. The fraction of sp³-hybridized carbons (Fsp3) is 0.240. The van der Waals surface area contributed by atoms with Gasteiger partial charge in [0.05, 0.1) is 38.2 Å². The molecule has 9 heteroatoms. The zero-order valence-electron chi connectivity index (χ0n) is 18.4. The molecule has 0 unspecified atom stereocenters. The molecule has 0 radical (unpaired) electrons. The summed E-state index contributed by atoms with van der Waals surface area (Å²) in [6.07, 6.45) is 0. The minimum Gasteiger partial charge on any atom is -0.391 e. The molecule has 4 heterocycles. The number of aromatic nitrogens is 3. The third-order valence-electron chi connectivity index (χ3n) is 6.58. The van der Waals surface area contributed by atoms with Crippen LogP contribution in [-0.2, 0) is 0 Å². The van der Waals surface area contributed by atoms with Gasteiger partial charge in [-0.3, -0.25) is 4.79 Å². The van der Waals surface area contributed by atoms with Crippen molar-refractivity contribution in [1.29, 1.82) is 0 Å².